The normalized spacial score (nSPS) is 11.1. The zero-order valence-corrected chi connectivity index (χ0v) is 12.1. The molecular formula is C9H11BF3KO. The molecule has 0 bridgehead atoms. The van der Waals surface area contributed by atoms with Gasteiger partial charge in [-0.2, -0.15) is 0 Å². The summed E-state index contributed by atoms with van der Waals surface area (Å²) < 4.78 is 42.5. The Morgan fingerprint density at radius 3 is 2.13 bits per heavy atom. The van der Waals surface area contributed by atoms with Crippen molar-refractivity contribution in [2.24, 2.45) is 0 Å². The zero-order valence-electron chi connectivity index (χ0n) is 9.01. The van der Waals surface area contributed by atoms with Crippen LogP contribution in [0.3, 0.4) is 0 Å². The molecule has 0 atom stereocenters. The Hall–Kier alpha value is 0.511. The fourth-order valence-corrected chi connectivity index (χ4v) is 1.11. The SMILES string of the molecule is CC(C)Oc1ccccc1[B-](F)(F)F.[K+]. The van der Waals surface area contributed by atoms with Gasteiger partial charge in [-0.25, -0.2) is 0 Å². The third-order valence-electron chi connectivity index (χ3n) is 1.63. The number of ether oxygens (including phenoxy) is 1. The summed E-state index contributed by atoms with van der Waals surface area (Å²) >= 11 is 0. The molecule has 0 N–H and O–H groups in total. The molecule has 0 fully saturated rings. The molecule has 0 radical (unpaired) electrons. The topological polar surface area (TPSA) is 9.23 Å². The molecule has 15 heavy (non-hydrogen) atoms. The molecule has 0 amide bonds. The third-order valence-corrected chi connectivity index (χ3v) is 1.63. The number of rotatable bonds is 3. The Kier molecular flexibility index (Phi) is 6.51. The van der Waals surface area contributed by atoms with Gasteiger partial charge in [-0.3, -0.25) is 0 Å². The summed E-state index contributed by atoms with van der Waals surface area (Å²) in [5, 5.41) is 0. The maximum atomic E-state index is 12.5. The fraction of sp³-hybridized carbons (Fsp3) is 0.333. The van der Waals surface area contributed by atoms with Gasteiger partial charge in [0.25, 0.3) is 0 Å². The first-order valence-electron chi connectivity index (χ1n) is 4.37. The van der Waals surface area contributed by atoms with Crippen molar-refractivity contribution in [3.8, 4) is 5.75 Å². The van der Waals surface area contributed by atoms with Crippen LogP contribution in [0.5, 0.6) is 5.75 Å². The molecular weight excluding hydrogens is 231 g/mol. The van der Waals surface area contributed by atoms with Crippen LogP contribution in [-0.2, 0) is 0 Å². The van der Waals surface area contributed by atoms with Gasteiger partial charge >= 0.3 is 58.4 Å². The Balaban J connectivity index is 0.00000196. The minimum Gasteiger partial charge on any atom is -0.494 e. The quantitative estimate of drug-likeness (QED) is 0.651. The van der Waals surface area contributed by atoms with Gasteiger partial charge in [0, 0.05) is 0 Å². The summed E-state index contributed by atoms with van der Waals surface area (Å²) in [5.74, 6) is -0.0880. The van der Waals surface area contributed by atoms with E-state index in [9.17, 15) is 12.9 Å². The molecule has 0 aliphatic carbocycles. The first-order chi connectivity index (χ1) is 6.41. The van der Waals surface area contributed by atoms with Gasteiger partial charge in [-0.05, 0) is 19.9 Å². The average Bonchev–Trinajstić information content (AvgIpc) is 2.01. The van der Waals surface area contributed by atoms with E-state index >= 15 is 0 Å². The molecule has 1 nitrogen and oxygen atoms in total. The summed E-state index contributed by atoms with van der Waals surface area (Å²) in [6.45, 7) is -1.60. The second-order valence-electron chi connectivity index (χ2n) is 3.28. The molecule has 78 valence electrons. The van der Waals surface area contributed by atoms with Gasteiger partial charge in [0.2, 0.25) is 0 Å². The number of hydrogen-bond acceptors (Lipinski definition) is 1. The molecule has 0 saturated heterocycles. The average molecular weight is 242 g/mol. The molecule has 0 aliphatic heterocycles. The van der Waals surface area contributed by atoms with E-state index in [0.29, 0.717) is 0 Å². The van der Waals surface area contributed by atoms with E-state index in [4.69, 9.17) is 4.74 Å². The van der Waals surface area contributed by atoms with Gasteiger partial charge in [0.15, 0.2) is 0 Å². The number of halogens is 3. The van der Waals surface area contributed by atoms with Crippen LogP contribution in [0.2, 0.25) is 0 Å². The molecule has 6 heteroatoms. The van der Waals surface area contributed by atoms with E-state index in [2.05, 4.69) is 0 Å². The summed E-state index contributed by atoms with van der Waals surface area (Å²) in [5.41, 5.74) is -0.666. The molecule has 1 aromatic rings. The van der Waals surface area contributed by atoms with Gasteiger partial charge in [0.1, 0.15) is 0 Å². The summed E-state index contributed by atoms with van der Waals surface area (Å²) in [4.78, 5) is 0. The van der Waals surface area contributed by atoms with Crippen molar-refractivity contribution in [1.82, 2.24) is 0 Å². The van der Waals surface area contributed by atoms with Crippen LogP contribution >= 0.6 is 0 Å². The van der Waals surface area contributed by atoms with Crippen LogP contribution in [0, 0.1) is 0 Å². The van der Waals surface area contributed by atoms with Crippen molar-refractivity contribution in [2.75, 3.05) is 0 Å². The Morgan fingerprint density at radius 1 is 1.13 bits per heavy atom. The van der Waals surface area contributed by atoms with E-state index < -0.39 is 12.4 Å². The van der Waals surface area contributed by atoms with Crippen molar-refractivity contribution in [1.29, 1.82) is 0 Å². The van der Waals surface area contributed by atoms with Crippen LogP contribution in [0.15, 0.2) is 24.3 Å². The standard InChI is InChI=1S/C9H11BF3O.K/c1-7(2)14-9-6-4-3-5-8(9)10(11,12)13;/h3-7H,1-2H3;/q-1;+1. The van der Waals surface area contributed by atoms with Crippen molar-refractivity contribution in [3.05, 3.63) is 24.3 Å². The van der Waals surface area contributed by atoms with Crippen molar-refractivity contribution in [2.45, 2.75) is 20.0 Å². The third kappa shape index (κ3) is 4.91. The summed E-state index contributed by atoms with van der Waals surface area (Å²) in [7, 11) is 0. The van der Waals surface area contributed by atoms with Crippen molar-refractivity contribution < 1.29 is 69.1 Å². The second kappa shape index (κ2) is 6.30. The smallest absolute Gasteiger partial charge is 0.494 e. The van der Waals surface area contributed by atoms with Gasteiger partial charge in [-0.15, -0.1) is 0 Å². The molecule has 0 heterocycles. The molecule has 0 aromatic heterocycles. The van der Waals surface area contributed by atoms with Crippen LogP contribution in [-0.4, -0.2) is 13.1 Å². The van der Waals surface area contributed by atoms with E-state index in [1.165, 1.54) is 18.2 Å². The monoisotopic (exact) mass is 242 g/mol. The van der Waals surface area contributed by atoms with Crippen LogP contribution < -0.4 is 61.6 Å². The number of para-hydroxylation sites is 1. The first-order valence-corrected chi connectivity index (χ1v) is 4.37. The zero-order chi connectivity index (χ0) is 10.8. The first kappa shape index (κ1) is 15.5. The van der Waals surface area contributed by atoms with Crippen LogP contribution in [0.4, 0.5) is 12.9 Å². The molecule has 1 rings (SSSR count). The predicted molar refractivity (Wildman–Crippen MR) is 50.9 cm³/mol. The van der Waals surface area contributed by atoms with Gasteiger partial charge in [0.05, 0.1) is 11.9 Å². The summed E-state index contributed by atoms with van der Waals surface area (Å²) in [6.07, 6.45) is -0.255. The van der Waals surface area contributed by atoms with E-state index in [0.717, 1.165) is 6.07 Å². The van der Waals surface area contributed by atoms with Crippen molar-refractivity contribution >= 4 is 12.4 Å². The molecule has 1 aromatic carbocycles. The van der Waals surface area contributed by atoms with Crippen molar-refractivity contribution in [3.63, 3.8) is 0 Å². The van der Waals surface area contributed by atoms with E-state index in [1.54, 1.807) is 13.8 Å². The minimum atomic E-state index is -4.99. The predicted octanol–water partition coefficient (Wildman–Crippen LogP) is -0.468. The number of benzene rings is 1. The van der Waals surface area contributed by atoms with E-state index in [1.807, 2.05) is 0 Å². The van der Waals surface area contributed by atoms with Crippen LogP contribution in [0.1, 0.15) is 13.8 Å². The Labute approximate surface area is 130 Å². The maximum Gasteiger partial charge on any atom is 1.00 e. The molecule has 0 spiro atoms. The van der Waals surface area contributed by atoms with Gasteiger partial charge < -0.3 is 17.7 Å². The van der Waals surface area contributed by atoms with E-state index in [-0.39, 0.29) is 63.2 Å². The minimum absolute atomic E-state index is 0. The largest absolute Gasteiger partial charge is 1.00 e. The Morgan fingerprint density at radius 2 is 1.67 bits per heavy atom. The maximum absolute atomic E-state index is 12.5. The second-order valence-corrected chi connectivity index (χ2v) is 3.28. The molecule has 0 aliphatic rings. The van der Waals surface area contributed by atoms with Gasteiger partial charge in [-0.1, -0.05) is 23.7 Å². The molecule has 0 saturated carbocycles. The summed E-state index contributed by atoms with van der Waals surface area (Å²) in [6, 6.07) is 5.27. The Bertz CT molecular complexity index is 314. The number of hydrogen-bond donors (Lipinski definition) is 0. The molecule has 0 unspecified atom stereocenters. The fourth-order valence-electron chi connectivity index (χ4n) is 1.11. The van der Waals surface area contributed by atoms with Crippen LogP contribution in [0.25, 0.3) is 0 Å².